The van der Waals surface area contributed by atoms with Crippen molar-refractivity contribution < 1.29 is 9.47 Å². The smallest absolute Gasteiger partial charge is 0.145 e. The zero-order valence-electron chi connectivity index (χ0n) is 11.7. The molecular formula is C16H18N2O2. The molecule has 2 aromatic rings. The molecule has 0 saturated heterocycles. The van der Waals surface area contributed by atoms with Crippen molar-refractivity contribution in [3.63, 3.8) is 0 Å². The first kappa shape index (κ1) is 12.8. The Morgan fingerprint density at radius 2 is 2.10 bits per heavy atom. The van der Waals surface area contributed by atoms with E-state index in [-0.39, 0.29) is 6.04 Å². The van der Waals surface area contributed by atoms with E-state index in [2.05, 4.69) is 16.4 Å². The predicted molar refractivity (Wildman–Crippen MR) is 78.5 cm³/mol. The van der Waals surface area contributed by atoms with E-state index < -0.39 is 0 Å². The average Bonchev–Trinajstić information content (AvgIpc) is 2.91. The Kier molecular flexibility index (Phi) is 3.46. The summed E-state index contributed by atoms with van der Waals surface area (Å²) in [5.41, 5.74) is 3.44. The topological polar surface area (TPSA) is 43.4 Å². The Balaban J connectivity index is 1.86. The van der Waals surface area contributed by atoms with Gasteiger partial charge >= 0.3 is 0 Å². The molecule has 1 aliphatic carbocycles. The summed E-state index contributed by atoms with van der Waals surface area (Å²) in [7, 11) is 3.32. The van der Waals surface area contributed by atoms with E-state index >= 15 is 0 Å². The quantitative estimate of drug-likeness (QED) is 0.926. The predicted octanol–water partition coefficient (Wildman–Crippen LogP) is 3.20. The minimum atomic E-state index is 0.244. The summed E-state index contributed by atoms with van der Waals surface area (Å²) >= 11 is 0. The van der Waals surface area contributed by atoms with E-state index in [0.717, 1.165) is 35.7 Å². The van der Waals surface area contributed by atoms with Crippen LogP contribution in [-0.2, 0) is 6.42 Å². The number of methoxy groups -OCH3 is 2. The van der Waals surface area contributed by atoms with E-state index in [1.165, 1.54) is 5.56 Å². The summed E-state index contributed by atoms with van der Waals surface area (Å²) in [6, 6.07) is 10.2. The van der Waals surface area contributed by atoms with Crippen LogP contribution in [0.2, 0.25) is 0 Å². The molecule has 1 heterocycles. The Morgan fingerprint density at radius 1 is 1.20 bits per heavy atom. The van der Waals surface area contributed by atoms with Gasteiger partial charge in [-0.3, -0.25) is 4.98 Å². The van der Waals surface area contributed by atoms with Gasteiger partial charge in [0.15, 0.2) is 0 Å². The molecule has 1 atom stereocenters. The van der Waals surface area contributed by atoms with Crippen LogP contribution in [0.3, 0.4) is 0 Å². The summed E-state index contributed by atoms with van der Waals surface area (Å²) in [6.45, 7) is 0. The van der Waals surface area contributed by atoms with Crippen LogP contribution < -0.4 is 14.8 Å². The van der Waals surface area contributed by atoms with Crippen molar-refractivity contribution in [3.8, 4) is 11.5 Å². The van der Waals surface area contributed by atoms with E-state index in [4.69, 9.17) is 9.47 Å². The normalized spacial score (nSPS) is 16.6. The maximum Gasteiger partial charge on any atom is 0.145 e. The minimum absolute atomic E-state index is 0.244. The van der Waals surface area contributed by atoms with Gasteiger partial charge in [-0.25, -0.2) is 0 Å². The zero-order chi connectivity index (χ0) is 13.9. The fraction of sp³-hybridized carbons (Fsp3) is 0.312. The lowest BCUT2D eigenvalue weighted by molar-refractivity contribution is 0.395. The Morgan fingerprint density at radius 3 is 2.90 bits per heavy atom. The van der Waals surface area contributed by atoms with Crippen LogP contribution in [0.25, 0.3) is 0 Å². The summed E-state index contributed by atoms with van der Waals surface area (Å²) in [5, 5.41) is 3.52. The molecule has 1 unspecified atom stereocenters. The van der Waals surface area contributed by atoms with Gasteiger partial charge in [0.25, 0.3) is 0 Å². The SMILES string of the molecule is COc1ccc(NC2CCc3cccnc32)c(OC)c1. The van der Waals surface area contributed by atoms with Gasteiger partial charge in [-0.1, -0.05) is 6.07 Å². The highest BCUT2D eigenvalue weighted by Crippen LogP contribution is 2.36. The highest BCUT2D eigenvalue weighted by Gasteiger charge is 2.24. The minimum Gasteiger partial charge on any atom is -0.497 e. The molecule has 0 saturated carbocycles. The molecule has 4 nitrogen and oxygen atoms in total. The number of hydrogen-bond acceptors (Lipinski definition) is 4. The number of rotatable bonds is 4. The molecule has 0 spiro atoms. The fourth-order valence-corrected chi connectivity index (χ4v) is 2.66. The summed E-state index contributed by atoms with van der Waals surface area (Å²) in [6.07, 6.45) is 3.98. The van der Waals surface area contributed by atoms with E-state index in [0.29, 0.717) is 0 Å². The third-order valence-corrected chi connectivity index (χ3v) is 3.70. The number of fused-ring (bicyclic) bond motifs is 1. The first-order valence-electron chi connectivity index (χ1n) is 6.74. The van der Waals surface area contributed by atoms with Gasteiger partial charge in [0, 0.05) is 12.3 Å². The number of benzene rings is 1. The van der Waals surface area contributed by atoms with Crippen LogP contribution in [0.4, 0.5) is 5.69 Å². The Hall–Kier alpha value is -2.23. The van der Waals surface area contributed by atoms with Crippen LogP contribution in [0, 0.1) is 0 Å². The van der Waals surface area contributed by atoms with Gasteiger partial charge in [0.2, 0.25) is 0 Å². The highest BCUT2D eigenvalue weighted by atomic mass is 16.5. The molecule has 20 heavy (non-hydrogen) atoms. The molecule has 4 heteroatoms. The lowest BCUT2D eigenvalue weighted by atomic mass is 10.2. The Bertz CT molecular complexity index is 613. The van der Waals surface area contributed by atoms with Gasteiger partial charge in [-0.15, -0.1) is 0 Å². The van der Waals surface area contributed by atoms with Gasteiger partial charge in [0.05, 0.1) is 31.6 Å². The molecule has 1 aromatic heterocycles. The molecule has 1 aliphatic rings. The number of hydrogen-bond donors (Lipinski definition) is 1. The number of ether oxygens (including phenoxy) is 2. The summed E-state index contributed by atoms with van der Waals surface area (Å²) < 4.78 is 10.6. The first-order valence-corrected chi connectivity index (χ1v) is 6.74. The molecule has 1 N–H and O–H groups in total. The molecule has 3 rings (SSSR count). The second-order valence-corrected chi connectivity index (χ2v) is 4.85. The van der Waals surface area contributed by atoms with Gasteiger partial charge in [0.1, 0.15) is 11.5 Å². The molecule has 0 fully saturated rings. The highest BCUT2D eigenvalue weighted by molar-refractivity contribution is 5.60. The standard InChI is InChI=1S/C16H18N2O2/c1-19-12-6-8-13(15(10-12)20-2)18-14-7-5-11-4-3-9-17-16(11)14/h3-4,6,8-10,14,18H,5,7H2,1-2H3. The maximum atomic E-state index is 5.42. The molecular weight excluding hydrogens is 252 g/mol. The summed E-state index contributed by atoms with van der Waals surface area (Å²) in [5.74, 6) is 1.58. The average molecular weight is 270 g/mol. The first-order chi connectivity index (χ1) is 9.81. The molecule has 0 amide bonds. The van der Waals surface area contributed by atoms with Crippen LogP contribution >= 0.6 is 0 Å². The maximum absolute atomic E-state index is 5.42. The number of nitrogens with zero attached hydrogens (tertiary/aromatic N) is 1. The van der Waals surface area contributed by atoms with Crippen LogP contribution in [-0.4, -0.2) is 19.2 Å². The third-order valence-electron chi connectivity index (χ3n) is 3.70. The molecule has 0 radical (unpaired) electrons. The number of aromatic nitrogens is 1. The lowest BCUT2D eigenvalue weighted by Crippen LogP contribution is -2.09. The van der Waals surface area contributed by atoms with Crippen LogP contribution in [0.1, 0.15) is 23.7 Å². The van der Waals surface area contributed by atoms with E-state index in [9.17, 15) is 0 Å². The number of pyridine rings is 1. The van der Waals surface area contributed by atoms with Crippen molar-refractivity contribution in [1.82, 2.24) is 4.98 Å². The van der Waals surface area contributed by atoms with Crippen molar-refractivity contribution >= 4 is 5.69 Å². The van der Waals surface area contributed by atoms with E-state index in [1.807, 2.05) is 30.5 Å². The largest absolute Gasteiger partial charge is 0.497 e. The number of aryl methyl sites for hydroxylation is 1. The number of anilines is 1. The van der Waals surface area contributed by atoms with Crippen LogP contribution in [0.15, 0.2) is 36.5 Å². The van der Waals surface area contributed by atoms with Crippen molar-refractivity contribution in [1.29, 1.82) is 0 Å². The molecule has 104 valence electrons. The zero-order valence-corrected chi connectivity index (χ0v) is 11.7. The van der Waals surface area contributed by atoms with Crippen molar-refractivity contribution in [2.24, 2.45) is 0 Å². The molecule has 0 aliphatic heterocycles. The van der Waals surface area contributed by atoms with Gasteiger partial charge < -0.3 is 14.8 Å². The van der Waals surface area contributed by atoms with Gasteiger partial charge in [-0.2, -0.15) is 0 Å². The van der Waals surface area contributed by atoms with Crippen molar-refractivity contribution in [2.45, 2.75) is 18.9 Å². The fourth-order valence-electron chi connectivity index (χ4n) is 2.66. The van der Waals surface area contributed by atoms with Crippen LogP contribution in [0.5, 0.6) is 11.5 Å². The molecule has 1 aromatic carbocycles. The summed E-state index contributed by atoms with van der Waals surface area (Å²) in [4.78, 5) is 4.50. The Labute approximate surface area is 118 Å². The van der Waals surface area contributed by atoms with Crippen molar-refractivity contribution in [3.05, 3.63) is 47.8 Å². The lowest BCUT2D eigenvalue weighted by Gasteiger charge is -2.17. The monoisotopic (exact) mass is 270 g/mol. The molecule has 0 bridgehead atoms. The van der Waals surface area contributed by atoms with Gasteiger partial charge in [-0.05, 0) is 36.6 Å². The van der Waals surface area contributed by atoms with E-state index in [1.54, 1.807) is 14.2 Å². The second kappa shape index (κ2) is 5.41. The number of nitrogens with one attached hydrogen (secondary N) is 1. The second-order valence-electron chi connectivity index (χ2n) is 4.85. The van der Waals surface area contributed by atoms with Crippen molar-refractivity contribution in [2.75, 3.05) is 19.5 Å². The third kappa shape index (κ3) is 2.29.